The Morgan fingerprint density at radius 3 is 2.28 bits per heavy atom. The van der Waals surface area contributed by atoms with Gasteiger partial charge in [0.05, 0.1) is 5.69 Å². The average Bonchev–Trinajstić information content (AvgIpc) is 2.73. The molecule has 4 amide bonds. The molecule has 6 nitrogen and oxygen atoms in total. The van der Waals surface area contributed by atoms with E-state index in [1.165, 1.54) is 25.3 Å². The molecule has 0 unspecified atom stereocenters. The molecule has 0 bridgehead atoms. The number of carbonyl (C=O) groups excluding carboxylic acids is 3. The third-order valence-corrected chi connectivity index (χ3v) is 5.38. The lowest BCUT2D eigenvalue weighted by Gasteiger charge is -2.29. The number of imide groups is 2. The molecular formula is C23H23N3O3. The molecule has 0 radical (unpaired) electrons. The van der Waals surface area contributed by atoms with Crippen LogP contribution in [0.3, 0.4) is 0 Å². The van der Waals surface area contributed by atoms with Gasteiger partial charge in [-0.05, 0) is 61.6 Å². The Kier molecular flexibility index (Phi) is 5.16. The summed E-state index contributed by atoms with van der Waals surface area (Å²) < 4.78 is 0. The van der Waals surface area contributed by atoms with E-state index in [2.05, 4.69) is 10.2 Å². The van der Waals surface area contributed by atoms with Crippen molar-refractivity contribution >= 4 is 35.3 Å². The smallest absolute Gasteiger partial charge is 0.335 e. The average molecular weight is 389 g/mol. The summed E-state index contributed by atoms with van der Waals surface area (Å²) in [5, 5.41) is 2.27. The first-order valence-corrected chi connectivity index (χ1v) is 9.87. The highest BCUT2D eigenvalue weighted by molar-refractivity contribution is 6.39. The lowest BCUT2D eigenvalue weighted by Crippen LogP contribution is -2.54. The number of aryl methyl sites for hydroxylation is 1. The van der Waals surface area contributed by atoms with Crippen LogP contribution in [0.4, 0.5) is 16.2 Å². The number of hydrogen-bond donors (Lipinski definition) is 1. The fourth-order valence-corrected chi connectivity index (χ4v) is 3.79. The maximum Gasteiger partial charge on any atom is 0.335 e. The van der Waals surface area contributed by atoms with Gasteiger partial charge in [0.25, 0.3) is 11.8 Å². The van der Waals surface area contributed by atoms with Crippen LogP contribution in [-0.4, -0.2) is 30.9 Å². The second-order valence-corrected chi connectivity index (χ2v) is 7.38. The van der Waals surface area contributed by atoms with Crippen molar-refractivity contribution in [2.24, 2.45) is 0 Å². The van der Waals surface area contributed by atoms with Gasteiger partial charge in [0.2, 0.25) is 0 Å². The van der Waals surface area contributed by atoms with Crippen LogP contribution in [0.1, 0.15) is 30.4 Å². The molecule has 2 fully saturated rings. The van der Waals surface area contributed by atoms with Crippen molar-refractivity contribution in [2.75, 3.05) is 22.9 Å². The SMILES string of the molecule is Cc1ccccc1N1C(=O)NC(=O)/C(=C\c2ccc(N3CCCCC3)cc2)C1=O. The molecule has 148 valence electrons. The zero-order valence-corrected chi connectivity index (χ0v) is 16.4. The normalized spacial score (nSPS) is 18.9. The third-order valence-electron chi connectivity index (χ3n) is 5.38. The third kappa shape index (κ3) is 3.78. The summed E-state index contributed by atoms with van der Waals surface area (Å²) in [5.41, 5.74) is 3.06. The Hall–Kier alpha value is -3.41. The standard InChI is InChI=1S/C23H23N3O3/c1-16-7-3-4-8-20(16)26-22(28)19(21(27)24-23(26)29)15-17-9-11-18(12-10-17)25-13-5-2-6-14-25/h3-4,7-12,15H,2,5-6,13-14H2,1H3,(H,24,27,29)/b19-15+. The quantitative estimate of drug-likeness (QED) is 0.643. The number of barbiturate groups is 1. The van der Waals surface area contributed by atoms with Crippen LogP contribution < -0.4 is 15.1 Å². The topological polar surface area (TPSA) is 69.7 Å². The summed E-state index contributed by atoms with van der Waals surface area (Å²) in [4.78, 5) is 41.0. The largest absolute Gasteiger partial charge is 0.372 e. The first-order valence-electron chi connectivity index (χ1n) is 9.87. The van der Waals surface area contributed by atoms with Gasteiger partial charge in [-0.1, -0.05) is 30.3 Å². The van der Waals surface area contributed by atoms with E-state index in [-0.39, 0.29) is 5.57 Å². The Morgan fingerprint density at radius 2 is 1.59 bits per heavy atom. The van der Waals surface area contributed by atoms with E-state index >= 15 is 0 Å². The van der Waals surface area contributed by atoms with E-state index in [0.717, 1.165) is 34.8 Å². The van der Waals surface area contributed by atoms with Crippen molar-refractivity contribution in [1.29, 1.82) is 0 Å². The molecule has 2 heterocycles. The molecule has 2 saturated heterocycles. The Balaban J connectivity index is 1.62. The Labute approximate surface area is 169 Å². The highest BCUT2D eigenvalue weighted by atomic mass is 16.2. The number of hydrogen-bond acceptors (Lipinski definition) is 4. The van der Waals surface area contributed by atoms with Crippen molar-refractivity contribution in [3.05, 3.63) is 65.2 Å². The molecule has 4 rings (SSSR count). The van der Waals surface area contributed by atoms with Gasteiger partial charge in [0.1, 0.15) is 5.57 Å². The molecule has 29 heavy (non-hydrogen) atoms. The summed E-state index contributed by atoms with van der Waals surface area (Å²) >= 11 is 0. The van der Waals surface area contributed by atoms with Crippen molar-refractivity contribution in [3.8, 4) is 0 Å². The fraction of sp³-hybridized carbons (Fsp3) is 0.261. The molecule has 0 aromatic heterocycles. The monoisotopic (exact) mass is 389 g/mol. The molecule has 2 aliphatic rings. The molecule has 0 spiro atoms. The van der Waals surface area contributed by atoms with E-state index in [9.17, 15) is 14.4 Å². The fourth-order valence-electron chi connectivity index (χ4n) is 3.79. The molecular weight excluding hydrogens is 366 g/mol. The van der Waals surface area contributed by atoms with E-state index < -0.39 is 17.8 Å². The lowest BCUT2D eigenvalue weighted by molar-refractivity contribution is -0.122. The molecule has 6 heteroatoms. The minimum absolute atomic E-state index is 0.0569. The zero-order chi connectivity index (χ0) is 20.4. The number of urea groups is 1. The van der Waals surface area contributed by atoms with E-state index in [4.69, 9.17) is 0 Å². The molecule has 2 aromatic carbocycles. The highest BCUT2D eigenvalue weighted by Crippen LogP contribution is 2.26. The van der Waals surface area contributed by atoms with Crippen molar-refractivity contribution in [2.45, 2.75) is 26.2 Å². The van der Waals surface area contributed by atoms with Gasteiger partial charge in [-0.15, -0.1) is 0 Å². The zero-order valence-electron chi connectivity index (χ0n) is 16.4. The maximum atomic E-state index is 13.0. The second-order valence-electron chi connectivity index (χ2n) is 7.38. The number of carbonyl (C=O) groups is 3. The van der Waals surface area contributed by atoms with Crippen LogP contribution in [0.5, 0.6) is 0 Å². The number of amides is 4. The molecule has 0 atom stereocenters. The summed E-state index contributed by atoms with van der Waals surface area (Å²) in [5.74, 6) is -1.29. The predicted octanol–water partition coefficient (Wildman–Crippen LogP) is 3.65. The van der Waals surface area contributed by atoms with Gasteiger partial charge in [-0.2, -0.15) is 0 Å². The van der Waals surface area contributed by atoms with Gasteiger partial charge in [-0.25, -0.2) is 9.69 Å². The molecule has 0 aliphatic carbocycles. The Bertz CT molecular complexity index is 989. The highest BCUT2D eigenvalue weighted by Gasteiger charge is 2.37. The van der Waals surface area contributed by atoms with E-state index in [1.807, 2.05) is 43.3 Å². The predicted molar refractivity (Wildman–Crippen MR) is 113 cm³/mol. The van der Waals surface area contributed by atoms with Crippen LogP contribution in [0.25, 0.3) is 6.08 Å². The summed E-state index contributed by atoms with van der Waals surface area (Å²) in [6, 6.07) is 14.2. The molecule has 2 aromatic rings. The van der Waals surface area contributed by atoms with Crippen LogP contribution in [-0.2, 0) is 9.59 Å². The van der Waals surface area contributed by atoms with Gasteiger partial charge < -0.3 is 4.90 Å². The van der Waals surface area contributed by atoms with Crippen LogP contribution in [0.2, 0.25) is 0 Å². The van der Waals surface area contributed by atoms with Gasteiger partial charge in [0, 0.05) is 18.8 Å². The number of piperidine rings is 1. The van der Waals surface area contributed by atoms with Crippen LogP contribution in [0, 0.1) is 6.92 Å². The lowest BCUT2D eigenvalue weighted by atomic mass is 10.0. The summed E-state index contributed by atoms with van der Waals surface area (Å²) in [6.45, 7) is 3.92. The number of nitrogens with one attached hydrogen (secondary N) is 1. The number of nitrogens with zero attached hydrogens (tertiary/aromatic N) is 2. The number of anilines is 2. The van der Waals surface area contributed by atoms with Crippen LogP contribution in [0.15, 0.2) is 54.1 Å². The molecule has 2 aliphatic heterocycles. The summed E-state index contributed by atoms with van der Waals surface area (Å²) in [6.07, 6.45) is 5.20. The Morgan fingerprint density at radius 1 is 0.897 bits per heavy atom. The number of para-hydroxylation sites is 1. The van der Waals surface area contributed by atoms with Gasteiger partial charge >= 0.3 is 6.03 Å². The summed E-state index contributed by atoms with van der Waals surface area (Å²) in [7, 11) is 0. The first-order chi connectivity index (χ1) is 14.0. The van der Waals surface area contributed by atoms with E-state index in [0.29, 0.717) is 5.69 Å². The van der Waals surface area contributed by atoms with Crippen molar-refractivity contribution < 1.29 is 14.4 Å². The minimum atomic E-state index is -0.730. The van der Waals surface area contributed by atoms with E-state index in [1.54, 1.807) is 12.1 Å². The number of benzene rings is 2. The number of rotatable bonds is 3. The van der Waals surface area contributed by atoms with Crippen LogP contribution >= 0.6 is 0 Å². The molecule has 1 N–H and O–H groups in total. The van der Waals surface area contributed by atoms with Gasteiger partial charge in [0.15, 0.2) is 0 Å². The minimum Gasteiger partial charge on any atom is -0.372 e. The van der Waals surface area contributed by atoms with Gasteiger partial charge in [-0.3, -0.25) is 14.9 Å². The molecule has 0 saturated carbocycles. The second kappa shape index (κ2) is 7.91. The van der Waals surface area contributed by atoms with Crippen molar-refractivity contribution in [1.82, 2.24) is 5.32 Å². The van der Waals surface area contributed by atoms with Crippen molar-refractivity contribution in [3.63, 3.8) is 0 Å². The maximum absolute atomic E-state index is 13.0. The first kappa shape index (κ1) is 18.9.